The van der Waals surface area contributed by atoms with Gasteiger partial charge in [-0.1, -0.05) is 51.1 Å². The van der Waals surface area contributed by atoms with Crippen LogP contribution in [0, 0.1) is 0 Å². The highest BCUT2D eigenvalue weighted by molar-refractivity contribution is 5.13. The number of imidazole rings is 1. The number of hydrogen-bond donors (Lipinski definition) is 1. The first-order chi connectivity index (χ1) is 8.55. The molecule has 0 fully saturated rings. The number of rotatable bonds is 4. The third-order valence-corrected chi connectivity index (χ3v) is 2.75. The minimum Gasteiger partial charge on any atom is -0.369 e. The van der Waals surface area contributed by atoms with Crippen LogP contribution in [0.1, 0.15) is 37.9 Å². The van der Waals surface area contributed by atoms with Crippen LogP contribution in [0.4, 0.5) is 0 Å². The molecule has 18 heavy (non-hydrogen) atoms. The molecule has 2 aromatic rings. The average Bonchev–Trinajstić information content (AvgIpc) is 2.79. The van der Waals surface area contributed by atoms with Gasteiger partial charge in [0.1, 0.15) is 12.4 Å². The molecule has 1 aromatic heterocycles. The highest BCUT2D eigenvalue weighted by atomic mass is 16.5. The van der Waals surface area contributed by atoms with Gasteiger partial charge in [0.25, 0.3) is 0 Å². The van der Waals surface area contributed by atoms with Gasteiger partial charge in [-0.2, -0.15) is 0 Å². The SMILES string of the molecule is CC(C)(C)c1c[nH]c(COCc2ccccc2)n1. The molecule has 0 bridgehead atoms. The summed E-state index contributed by atoms with van der Waals surface area (Å²) >= 11 is 0. The molecule has 0 spiro atoms. The summed E-state index contributed by atoms with van der Waals surface area (Å²) in [4.78, 5) is 7.69. The first kappa shape index (κ1) is 12.8. The van der Waals surface area contributed by atoms with Crippen LogP contribution in [0.3, 0.4) is 0 Å². The highest BCUT2D eigenvalue weighted by Crippen LogP contribution is 2.19. The fourth-order valence-corrected chi connectivity index (χ4v) is 1.66. The summed E-state index contributed by atoms with van der Waals surface area (Å²) in [5, 5.41) is 0. The molecule has 1 heterocycles. The van der Waals surface area contributed by atoms with Gasteiger partial charge in [-0.15, -0.1) is 0 Å². The average molecular weight is 244 g/mol. The van der Waals surface area contributed by atoms with Crippen molar-refractivity contribution in [2.45, 2.75) is 39.4 Å². The second-order valence-corrected chi connectivity index (χ2v) is 5.46. The normalized spacial score (nSPS) is 11.7. The van der Waals surface area contributed by atoms with Gasteiger partial charge < -0.3 is 9.72 Å². The van der Waals surface area contributed by atoms with Crippen LogP contribution in [0.15, 0.2) is 36.5 Å². The summed E-state index contributed by atoms with van der Waals surface area (Å²) < 4.78 is 5.64. The van der Waals surface area contributed by atoms with E-state index in [4.69, 9.17) is 4.74 Å². The van der Waals surface area contributed by atoms with E-state index in [1.54, 1.807) is 0 Å². The summed E-state index contributed by atoms with van der Waals surface area (Å²) in [6, 6.07) is 10.2. The highest BCUT2D eigenvalue weighted by Gasteiger charge is 2.16. The van der Waals surface area contributed by atoms with E-state index in [0.29, 0.717) is 13.2 Å². The van der Waals surface area contributed by atoms with Crippen molar-refractivity contribution in [2.75, 3.05) is 0 Å². The maximum Gasteiger partial charge on any atom is 0.132 e. The molecule has 0 aliphatic heterocycles. The smallest absolute Gasteiger partial charge is 0.132 e. The molecule has 0 aliphatic carbocycles. The lowest BCUT2D eigenvalue weighted by atomic mass is 9.93. The molecule has 1 aromatic carbocycles. The lowest BCUT2D eigenvalue weighted by Crippen LogP contribution is -2.11. The van der Waals surface area contributed by atoms with Gasteiger partial charge in [0.2, 0.25) is 0 Å². The van der Waals surface area contributed by atoms with Crippen LogP contribution >= 0.6 is 0 Å². The standard InChI is InChI=1S/C15H20N2O/c1-15(2,3)13-9-16-14(17-13)11-18-10-12-7-5-4-6-8-12/h4-9H,10-11H2,1-3H3,(H,16,17). The van der Waals surface area contributed by atoms with Crippen LogP contribution in [0.25, 0.3) is 0 Å². The van der Waals surface area contributed by atoms with Gasteiger partial charge in [-0.3, -0.25) is 0 Å². The van der Waals surface area contributed by atoms with Crippen molar-refractivity contribution in [2.24, 2.45) is 0 Å². The van der Waals surface area contributed by atoms with Gasteiger partial charge in [-0.05, 0) is 5.56 Å². The molecule has 0 saturated carbocycles. The molecule has 96 valence electrons. The second-order valence-electron chi connectivity index (χ2n) is 5.46. The minimum absolute atomic E-state index is 0.0776. The van der Waals surface area contributed by atoms with Crippen LogP contribution in [0.5, 0.6) is 0 Å². The second kappa shape index (κ2) is 5.36. The molecular formula is C15H20N2O. The maximum atomic E-state index is 5.64. The Morgan fingerprint density at radius 1 is 1.11 bits per heavy atom. The molecular weight excluding hydrogens is 224 g/mol. The van der Waals surface area contributed by atoms with E-state index >= 15 is 0 Å². The zero-order chi connectivity index (χ0) is 13.0. The van der Waals surface area contributed by atoms with Gasteiger partial charge >= 0.3 is 0 Å². The topological polar surface area (TPSA) is 37.9 Å². The van der Waals surface area contributed by atoms with Gasteiger partial charge in [0.05, 0.1) is 12.3 Å². The Hall–Kier alpha value is -1.61. The minimum atomic E-state index is 0.0776. The third kappa shape index (κ3) is 3.44. The first-order valence-electron chi connectivity index (χ1n) is 6.22. The van der Waals surface area contributed by atoms with E-state index in [2.05, 4.69) is 42.9 Å². The molecule has 0 atom stereocenters. The van der Waals surface area contributed by atoms with Crippen LogP contribution in [-0.2, 0) is 23.4 Å². The number of ether oxygens (including phenoxy) is 1. The molecule has 0 amide bonds. The zero-order valence-electron chi connectivity index (χ0n) is 11.2. The van der Waals surface area contributed by atoms with E-state index in [0.717, 1.165) is 11.5 Å². The van der Waals surface area contributed by atoms with E-state index in [-0.39, 0.29) is 5.41 Å². The van der Waals surface area contributed by atoms with Gasteiger partial charge in [-0.25, -0.2) is 4.98 Å². The molecule has 0 unspecified atom stereocenters. The van der Waals surface area contributed by atoms with Crippen molar-refractivity contribution in [3.8, 4) is 0 Å². The lowest BCUT2D eigenvalue weighted by molar-refractivity contribution is 0.102. The Kier molecular flexibility index (Phi) is 3.82. The van der Waals surface area contributed by atoms with Crippen molar-refractivity contribution in [3.63, 3.8) is 0 Å². The predicted octanol–water partition coefficient (Wildman–Crippen LogP) is 3.42. The van der Waals surface area contributed by atoms with Crippen molar-refractivity contribution in [1.82, 2.24) is 9.97 Å². The Balaban J connectivity index is 1.86. The summed E-state index contributed by atoms with van der Waals surface area (Å²) in [5.74, 6) is 0.885. The lowest BCUT2D eigenvalue weighted by Gasteiger charge is -2.13. The van der Waals surface area contributed by atoms with Crippen molar-refractivity contribution in [1.29, 1.82) is 0 Å². The van der Waals surface area contributed by atoms with Gasteiger partial charge in [0, 0.05) is 11.6 Å². The van der Waals surface area contributed by atoms with Crippen LogP contribution in [0.2, 0.25) is 0 Å². The van der Waals surface area contributed by atoms with Gasteiger partial charge in [0.15, 0.2) is 0 Å². The largest absolute Gasteiger partial charge is 0.369 e. The Morgan fingerprint density at radius 2 is 1.83 bits per heavy atom. The molecule has 3 nitrogen and oxygen atoms in total. The number of nitrogens with one attached hydrogen (secondary N) is 1. The summed E-state index contributed by atoms with van der Waals surface area (Å²) in [5.41, 5.74) is 2.33. The van der Waals surface area contributed by atoms with Crippen molar-refractivity contribution in [3.05, 3.63) is 53.6 Å². The number of aromatic amines is 1. The predicted molar refractivity (Wildman–Crippen MR) is 72.2 cm³/mol. The first-order valence-corrected chi connectivity index (χ1v) is 6.22. The zero-order valence-corrected chi connectivity index (χ0v) is 11.2. The molecule has 0 radical (unpaired) electrons. The number of aromatic nitrogens is 2. The molecule has 0 saturated heterocycles. The summed E-state index contributed by atoms with van der Waals surface area (Å²) in [6.07, 6.45) is 1.96. The Labute approximate surface area is 108 Å². The van der Waals surface area contributed by atoms with E-state index in [9.17, 15) is 0 Å². The Bertz CT molecular complexity index is 483. The summed E-state index contributed by atoms with van der Waals surface area (Å²) in [6.45, 7) is 7.59. The maximum absolute atomic E-state index is 5.64. The quantitative estimate of drug-likeness (QED) is 0.894. The Morgan fingerprint density at radius 3 is 2.44 bits per heavy atom. The fourth-order valence-electron chi connectivity index (χ4n) is 1.66. The van der Waals surface area contributed by atoms with E-state index in [1.807, 2.05) is 24.4 Å². The monoisotopic (exact) mass is 244 g/mol. The van der Waals surface area contributed by atoms with Crippen LogP contribution < -0.4 is 0 Å². The fraction of sp³-hybridized carbons (Fsp3) is 0.400. The number of H-pyrrole nitrogens is 1. The number of hydrogen-bond acceptors (Lipinski definition) is 2. The van der Waals surface area contributed by atoms with Crippen molar-refractivity contribution >= 4 is 0 Å². The molecule has 0 aliphatic rings. The molecule has 3 heteroatoms. The van der Waals surface area contributed by atoms with Crippen molar-refractivity contribution < 1.29 is 4.74 Å². The van der Waals surface area contributed by atoms with E-state index < -0.39 is 0 Å². The number of nitrogens with zero attached hydrogens (tertiary/aromatic N) is 1. The van der Waals surface area contributed by atoms with Crippen LogP contribution in [-0.4, -0.2) is 9.97 Å². The summed E-state index contributed by atoms with van der Waals surface area (Å²) in [7, 11) is 0. The third-order valence-electron chi connectivity index (χ3n) is 2.75. The molecule has 2 rings (SSSR count). The van der Waals surface area contributed by atoms with E-state index in [1.165, 1.54) is 5.56 Å². The number of benzene rings is 1. The molecule has 1 N–H and O–H groups in total.